The lowest BCUT2D eigenvalue weighted by Crippen LogP contribution is -2.37. The molecule has 1 fully saturated rings. The van der Waals surface area contributed by atoms with Gasteiger partial charge in [-0.05, 0) is 48.9 Å². The second kappa shape index (κ2) is 6.90. The van der Waals surface area contributed by atoms with Gasteiger partial charge in [0.15, 0.2) is 0 Å². The van der Waals surface area contributed by atoms with E-state index in [2.05, 4.69) is 23.9 Å². The largest absolute Gasteiger partial charge is 0.313 e. The Morgan fingerprint density at radius 1 is 1.24 bits per heavy atom. The van der Waals surface area contributed by atoms with Crippen LogP contribution in [0.5, 0.6) is 0 Å². The van der Waals surface area contributed by atoms with Crippen molar-refractivity contribution in [2.45, 2.75) is 51.1 Å². The normalized spacial score (nSPS) is 26.1. The molecule has 3 unspecified atom stereocenters. The Morgan fingerprint density at radius 3 is 2.62 bits per heavy atom. The molecule has 2 N–H and O–H groups in total. The van der Waals surface area contributed by atoms with E-state index in [0.717, 1.165) is 24.9 Å². The molecule has 21 heavy (non-hydrogen) atoms. The average Bonchev–Trinajstić information content (AvgIpc) is 2.77. The van der Waals surface area contributed by atoms with Crippen molar-refractivity contribution in [1.29, 1.82) is 0 Å². The fourth-order valence-corrected chi connectivity index (χ4v) is 4.32. The molecular formula is C16H26N2O2S. The quantitative estimate of drug-likeness (QED) is 0.849. The molecule has 0 spiro atoms. The first-order chi connectivity index (χ1) is 9.94. The number of nitrogens with one attached hydrogen (secondary N) is 2. The molecule has 1 aromatic carbocycles. The predicted molar refractivity (Wildman–Crippen MR) is 85.5 cm³/mol. The van der Waals surface area contributed by atoms with Gasteiger partial charge in [0.25, 0.3) is 0 Å². The fraction of sp³-hybridized carbons (Fsp3) is 0.625. The summed E-state index contributed by atoms with van der Waals surface area (Å²) < 4.78 is 28.0. The molecule has 0 heterocycles. The number of benzene rings is 1. The van der Waals surface area contributed by atoms with Gasteiger partial charge in [-0.2, -0.15) is 0 Å². The van der Waals surface area contributed by atoms with Crippen LogP contribution in [0.4, 0.5) is 0 Å². The van der Waals surface area contributed by atoms with Gasteiger partial charge in [0.2, 0.25) is 10.0 Å². The first-order valence-electron chi connectivity index (χ1n) is 7.76. The summed E-state index contributed by atoms with van der Waals surface area (Å²) in [6.07, 6.45) is 2.02. The Hall–Kier alpha value is -0.910. The van der Waals surface area contributed by atoms with Gasteiger partial charge in [0.1, 0.15) is 0 Å². The molecule has 118 valence electrons. The van der Waals surface area contributed by atoms with Crippen LogP contribution in [0.15, 0.2) is 29.2 Å². The van der Waals surface area contributed by atoms with Crippen LogP contribution in [0.3, 0.4) is 0 Å². The van der Waals surface area contributed by atoms with Crippen molar-refractivity contribution in [3.63, 3.8) is 0 Å². The molecule has 1 aliphatic carbocycles. The van der Waals surface area contributed by atoms with Crippen molar-refractivity contribution in [1.82, 2.24) is 10.0 Å². The highest BCUT2D eigenvalue weighted by atomic mass is 32.2. The van der Waals surface area contributed by atoms with Gasteiger partial charge in [-0.15, -0.1) is 0 Å². The van der Waals surface area contributed by atoms with E-state index in [1.54, 1.807) is 12.1 Å². The van der Waals surface area contributed by atoms with Gasteiger partial charge in [0, 0.05) is 12.6 Å². The molecule has 4 nitrogen and oxygen atoms in total. The SMILES string of the molecule is CCNCc1cccc(S(=O)(=O)NC2CCC(C)C2C)c1. The minimum Gasteiger partial charge on any atom is -0.313 e. The van der Waals surface area contributed by atoms with Crippen LogP contribution in [0.25, 0.3) is 0 Å². The molecule has 0 radical (unpaired) electrons. The second-order valence-electron chi connectivity index (χ2n) is 6.07. The molecule has 0 amide bonds. The topological polar surface area (TPSA) is 58.2 Å². The zero-order valence-electron chi connectivity index (χ0n) is 13.1. The lowest BCUT2D eigenvalue weighted by molar-refractivity contribution is 0.402. The Labute approximate surface area is 128 Å². The van der Waals surface area contributed by atoms with E-state index in [1.807, 2.05) is 19.1 Å². The van der Waals surface area contributed by atoms with Crippen molar-refractivity contribution in [3.8, 4) is 0 Å². The van der Waals surface area contributed by atoms with Crippen LogP contribution in [-0.4, -0.2) is 21.0 Å². The number of sulfonamides is 1. The van der Waals surface area contributed by atoms with Crippen molar-refractivity contribution in [3.05, 3.63) is 29.8 Å². The summed E-state index contributed by atoms with van der Waals surface area (Å²) in [5.41, 5.74) is 0.993. The number of hydrogen-bond donors (Lipinski definition) is 2. The Morgan fingerprint density at radius 2 is 2.00 bits per heavy atom. The smallest absolute Gasteiger partial charge is 0.240 e. The van der Waals surface area contributed by atoms with E-state index in [9.17, 15) is 8.42 Å². The van der Waals surface area contributed by atoms with Crippen molar-refractivity contribution in [2.75, 3.05) is 6.54 Å². The lowest BCUT2D eigenvalue weighted by Gasteiger charge is -2.19. The Balaban J connectivity index is 2.12. The van der Waals surface area contributed by atoms with Crippen molar-refractivity contribution >= 4 is 10.0 Å². The summed E-state index contributed by atoms with van der Waals surface area (Å²) in [4.78, 5) is 0.365. The maximum Gasteiger partial charge on any atom is 0.240 e. The van der Waals surface area contributed by atoms with Gasteiger partial charge in [-0.1, -0.05) is 32.9 Å². The maximum absolute atomic E-state index is 12.5. The maximum atomic E-state index is 12.5. The highest BCUT2D eigenvalue weighted by molar-refractivity contribution is 7.89. The average molecular weight is 310 g/mol. The van der Waals surface area contributed by atoms with Crippen LogP contribution in [0, 0.1) is 11.8 Å². The molecular weight excluding hydrogens is 284 g/mol. The molecule has 5 heteroatoms. The first-order valence-corrected chi connectivity index (χ1v) is 9.24. The lowest BCUT2D eigenvalue weighted by atomic mass is 9.98. The summed E-state index contributed by atoms with van der Waals surface area (Å²) in [5, 5.41) is 3.21. The summed E-state index contributed by atoms with van der Waals surface area (Å²) in [6, 6.07) is 7.24. The van der Waals surface area contributed by atoms with Crippen LogP contribution in [-0.2, 0) is 16.6 Å². The van der Waals surface area contributed by atoms with Gasteiger partial charge in [-0.25, -0.2) is 13.1 Å². The number of rotatable bonds is 6. The zero-order valence-corrected chi connectivity index (χ0v) is 13.9. The van der Waals surface area contributed by atoms with E-state index in [1.165, 1.54) is 0 Å². The summed E-state index contributed by atoms with van der Waals surface area (Å²) in [6.45, 7) is 7.91. The molecule has 0 aromatic heterocycles. The van der Waals surface area contributed by atoms with Gasteiger partial charge in [0.05, 0.1) is 4.90 Å². The molecule has 1 aliphatic rings. The van der Waals surface area contributed by atoms with E-state index in [0.29, 0.717) is 23.3 Å². The van der Waals surface area contributed by atoms with E-state index < -0.39 is 10.0 Å². The molecule has 0 saturated heterocycles. The van der Waals surface area contributed by atoms with Gasteiger partial charge >= 0.3 is 0 Å². The minimum atomic E-state index is -3.43. The number of hydrogen-bond acceptors (Lipinski definition) is 3. The third-order valence-corrected chi connectivity index (χ3v) is 6.05. The van der Waals surface area contributed by atoms with Crippen LogP contribution in [0.2, 0.25) is 0 Å². The standard InChI is InChI=1S/C16H26N2O2S/c1-4-17-11-14-6-5-7-15(10-14)21(19,20)18-16-9-8-12(2)13(16)3/h5-7,10,12-13,16-18H,4,8-9,11H2,1-3H3. The third kappa shape index (κ3) is 4.05. The molecule has 0 aliphatic heterocycles. The van der Waals surface area contributed by atoms with E-state index >= 15 is 0 Å². The Bertz CT molecular complexity index is 571. The van der Waals surface area contributed by atoms with Crippen LogP contribution < -0.4 is 10.0 Å². The zero-order chi connectivity index (χ0) is 15.5. The van der Waals surface area contributed by atoms with Crippen LogP contribution >= 0.6 is 0 Å². The highest BCUT2D eigenvalue weighted by Crippen LogP contribution is 2.32. The molecule has 1 aromatic rings. The van der Waals surface area contributed by atoms with E-state index in [-0.39, 0.29) is 6.04 Å². The minimum absolute atomic E-state index is 0.0578. The molecule has 2 rings (SSSR count). The van der Waals surface area contributed by atoms with Crippen molar-refractivity contribution in [2.24, 2.45) is 11.8 Å². The Kier molecular flexibility index (Phi) is 5.41. The van der Waals surface area contributed by atoms with E-state index in [4.69, 9.17) is 0 Å². The third-order valence-electron chi connectivity index (χ3n) is 4.56. The summed E-state index contributed by atoms with van der Waals surface area (Å²) in [5.74, 6) is 0.975. The summed E-state index contributed by atoms with van der Waals surface area (Å²) in [7, 11) is -3.43. The first kappa shape index (κ1) is 16.5. The van der Waals surface area contributed by atoms with Crippen LogP contribution in [0.1, 0.15) is 39.2 Å². The van der Waals surface area contributed by atoms with Crippen molar-refractivity contribution < 1.29 is 8.42 Å². The molecule has 0 bridgehead atoms. The predicted octanol–water partition coefficient (Wildman–Crippen LogP) is 2.51. The van der Waals surface area contributed by atoms with Gasteiger partial charge in [-0.3, -0.25) is 0 Å². The monoisotopic (exact) mass is 310 g/mol. The fourth-order valence-electron chi connectivity index (χ4n) is 2.89. The summed E-state index contributed by atoms with van der Waals surface area (Å²) >= 11 is 0. The van der Waals surface area contributed by atoms with Gasteiger partial charge < -0.3 is 5.32 Å². The highest BCUT2D eigenvalue weighted by Gasteiger charge is 2.33. The second-order valence-corrected chi connectivity index (χ2v) is 7.78. The molecule has 3 atom stereocenters. The molecule has 1 saturated carbocycles.